The lowest BCUT2D eigenvalue weighted by molar-refractivity contribution is -0.122. The second-order valence-corrected chi connectivity index (χ2v) is 6.54. The molecule has 0 spiro atoms. The average molecular weight is 353 g/mol. The van der Waals surface area contributed by atoms with Crippen LogP contribution in [0.1, 0.15) is 49.5 Å². The van der Waals surface area contributed by atoms with Crippen LogP contribution in [0.25, 0.3) is 11.1 Å². The zero-order chi connectivity index (χ0) is 19.1. The van der Waals surface area contributed by atoms with Crippen LogP contribution in [-0.2, 0) is 11.2 Å². The molecule has 1 amide bonds. The van der Waals surface area contributed by atoms with Crippen molar-refractivity contribution in [2.24, 2.45) is 0 Å². The van der Waals surface area contributed by atoms with E-state index in [2.05, 4.69) is 36.5 Å². The standard InChI is InChI=1S/C22H27NO3/c1-4-6-16-7-9-17(10-8-16)18-11-13-19(14-12-18)22(26)23-21(15(3)24)20(25)5-2/h7-15,21,24H,4-6H2,1-3H3,(H,23,26)/t15-,21+/m1/s1. The summed E-state index contributed by atoms with van der Waals surface area (Å²) in [4.78, 5) is 24.2. The number of amides is 1. The number of nitrogens with one attached hydrogen (secondary N) is 1. The monoisotopic (exact) mass is 353 g/mol. The number of hydrogen-bond acceptors (Lipinski definition) is 3. The van der Waals surface area contributed by atoms with Gasteiger partial charge in [-0.2, -0.15) is 0 Å². The number of aryl methyl sites for hydroxylation is 1. The first-order chi connectivity index (χ1) is 12.5. The minimum atomic E-state index is -0.924. The van der Waals surface area contributed by atoms with E-state index in [0.29, 0.717) is 5.56 Å². The number of carbonyl (C=O) groups is 2. The maximum Gasteiger partial charge on any atom is 0.251 e. The number of Topliss-reactive ketones (excluding diaryl/α,β-unsaturated/α-hetero) is 1. The van der Waals surface area contributed by atoms with Gasteiger partial charge in [0, 0.05) is 12.0 Å². The van der Waals surface area contributed by atoms with Crippen molar-refractivity contribution in [2.45, 2.75) is 52.2 Å². The van der Waals surface area contributed by atoms with E-state index < -0.39 is 12.1 Å². The van der Waals surface area contributed by atoms with Gasteiger partial charge < -0.3 is 10.4 Å². The van der Waals surface area contributed by atoms with Crippen LogP contribution in [0.2, 0.25) is 0 Å². The minimum absolute atomic E-state index is 0.183. The Hall–Kier alpha value is -2.46. The molecule has 0 saturated carbocycles. The Morgan fingerprint density at radius 1 is 0.962 bits per heavy atom. The summed E-state index contributed by atoms with van der Waals surface area (Å²) in [6.45, 7) is 5.38. The van der Waals surface area contributed by atoms with Gasteiger partial charge in [0.05, 0.1) is 6.10 Å². The summed E-state index contributed by atoms with van der Waals surface area (Å²) in [5.41, 5.74) is 3.91. The number of aliphatic hydroxyl groups excluding tert-OH is 1. The molecule has 0 saturated heterocycles. The lowest BCUT2D eigenvalue weighted by atomic mass is 10.0. The lowest BCUT2D eigenvalue weighted by Crippen LogP contribution is -2.47. The molecule has 0 aliphatic carbocycles. The van der Waals surface area contributed by atoms with E-state index in [4.69, 9.17) is 0 Å². The van der Waals surface area contributed by atoms with E-state index in [1.165, 1.54) is 12.5 Å². The zero-order valence-electron chi connectivity index (χ0n) is 15.7. The Morgan fingerprint density at radius 3 is 1.96 bits per heavy atom. The first kappa shape index (κ1) is 19.9. The number of benzene rings is 2. The van der Waals surface area contributed by atoms with Gasteiger partial charge in [0.1, 0.15) is 6.04 Å². The molecule has 2 N–H and O–H groups in total. The molecular formula is C22H27NO3. The Labute approximate surface area is 155 Å². The van der Waals surface area contributed by atoms with Crippen LogP contribution in [0.3, 0.4) is 0 Å². The number of hydrogen-bond donors (Lipinski definition) is 2. The van der Waals surface area contributed by atoms with E-state index in [1.54, 1.807) is 19.1 Å². The van der Waals surface area contributed by atoms with Gasteiger partial charge >= 0.3 is 0 Å². The van der Waals surface area contributed by atoms with E-state index in [1.807, 2.05) is 12.1 Å². The normalized spacial score (nSPS) is 13.1. The SMILES string of the molecule is CCCc1ccc(-c2ccc(C(=O)N[C@H](C(=O)CC)[C@@H](C)O)cc2)cc1. The lowest BCUT2D eigenvalue weighted by Gasteiger charge is -2.19. The number of rotatable bonds is 8. The minimum Gasteiger partial charge on any atom is -0.391 e. The van der Waals surface area contributed by atoms with Gasteiger partial charge in [-0.25, -0.2) is 0 Å². The summed E-state index contributed by atoms with van der Waals surface area (Å²) in [6.07, 6.45) is 1.53. The summed E-state index contributed by atoms with van der Waals surface area (Å²) in [7, 11) is 0. The van der Waals surface area contributed by atoms with Gasteiger partial charge in [0.15, 0.2) is 5.78 Å². The van der Waals surface area contributed by atoms with Crippen LogP contribution < -0.4 is 5.32 Å². The fourth-order valence-corrected chi connectivity index (χ4v) is 2.88. The Morgan fingerprint density at radius 2 is 1.50 bits per heavy atom. The molecule has 0 aliphatic heterocycles. The molecule has 0 heterocycles. The highest BCUT2D eigenvalue weighted by Gasteiger charge is 2.24. The smallest absolute Gasteiger partial charge is 0.251 e. The van der Waals surface area contributed by atoms with Crippen molar-refractivity contribution in [3.8, 4) is 11.1 Å². The second-order valence-electron chi connectivity index (χ2n) is 6.54. The van der Waals surface area contributed by atoms with Crippen LogP contribution in [0.4, 0.5) is 0 Å². The highest BCUT2D eigenvalue weighted by atomic mass is 16.3. The topological polar surface area (TPSA) is 66.4 Å². The van der Waals surface area contributed by atoms with Crippen molar-refractivity contribution in [1.82, 2.24) is 5.32 Å². The van der Waals surface area contributed by atoms with Crippen molar-refractivity contribution in [3.05, 3.63) is 59.7 Å². The second kappa shape index (κ2) is 9.30. The zero-order valence-corrected chi connectivity index (χ0v) is 15.7. The van der Waals surface area contributed by atoms with Crippen molar-refractivity contribution in [1.29, 1.82) is 0 Å². The van der Waals surface area contributed by atoms with E-state index in [0.717, 1.165) is 24.0 Å². The molecule has 0 aromatic heterocycles. The Kier molecular flexibility index (Phi) is 7.10. The van der Waals surface area contributed by atoms with Gasteiger partial charge in [-0.3, -0.25) is 9.59 Å². The van der Waals surface area contributed by atoms with Gasteiger partial charge in [-0.05, 0) is 42.2 Å². The quantitative estimate of drug-likeness (QED) is 0.759. The van der Waals surface area contributed by atoms with Crippen molar-refractivity contribution in [3.63, 3.8) is 0 Å². The number of aliphatic hydroxyl groups is 1. The molecule has 0 aliphatic rings. The molecule has 2 atom stereocenters. The molecular weight excluding hydrogens is 326 g/mol. The predicted molar refractivity (Wildman–Crippen MR) is 104 cm³/mol. The maximum absolute atomic E-state index is 12.4. The molecule has 4 heteroatoms. The molecule has 0 unspecified atom stereocenters. The molecule has 138 valence electrons. The van der Waals surface area contributed by atoms with E-state index in [9.17, 15) is 14.7 Å². The molecule has 26 heavy (non-hydrogen) atoms. The van der Waals surface area contributed by atoms with Crippen LogP contribution in [-0.4, -0.2) is 28.9 Å². The van der Waals surface area contributed by atoms with Crippen molar-refractivity contribution < 1.29 is 14.7 Å². The highest BCUT2D eigenvalue weighted by Crippen LogP contribution is 2.21. The van der Waals surface area contributed by atoms with Crippen LogP contribution in [0, 0.1) is 0 Å². The fraction of sp³-hybridized carbons (Fsp3) is 0.364. The van der Waals surface area contributed by atoms with Crippen LogP contribution in [0.15, 0.2) is 48.5 Å². The van der Waals surface area contributed by atoms with E-state index >= 15 is 0 Å². The van der Waals surface area contributed by atoms with Gasteiger partial charge in [0.25, 0.3) is 5.91 Å². The maximum atomic E-state index is 12.4. The van der Waals surface area contributed by atoms with Crippen LogP contribution in [0.5, 0.6) is 0 Å². The number of ketones is 1. The first-order valence-electron chi connectivity index (χ1n) is 9.17. The fourth-order valence-electron chi connectivity index (χ4n) is 2.88. The largest absolute Gasteiger partial charge is 0.391 e. The Balaban J connectivity index is 2.10. The third-order valence-electron chi connectivity index (χ3n) is 4.44. The third kappa shape index (κ3) is 5.02. The summed E-state index contributed by atoms with van der Waals surface area (Å²) in [5.74, 6) is -0.542. The predicted octanol–water partition coefficient (Wildman–Crippen LogP) is 3.76. The average Bonchev–Trinajstić information content (AvgIpc) is 2.66. The molecule has 2 rings (SSSR count). The molecule has 4 nitrogen and oxygen atoms in total. The third-order valence-corrected chi connectivity index (χ3v) is 4.44. The summed E-state index contributed by atoms with van der Waals surface area (Å²) in [5, 5.41) is 12.4. The van der Waals surface area contributed by atoms with Gasteiger partial charge in [-0.15, -0.1) is 0 Å². The molecule has 2 aromatic rings. The number of carbonyl (C=O) groups excluding carboxylic acids is 2. The molecule has 0 bridgehead atoms. The summed E-state index contributed by atoms with van der Waals surface area (Å²) < 4.78 is 0. The summed E-state index contributed by atoms with van der Waals surface area (Å²) in [6, 6.07) is 14.8. The highest BCUT2D eigenvalue weighted by molar-refractivity contribution is 5.98. The van der Waals surface area contributed by atoms with Gasteiger partial charge in [0.2, 0.25) is 0 Å². The molecule has 0 radical (unpaired) electrons. The Bertz CT molecular complexity index is 733. The van der Waals surface area contributed by atoms with Crippen molar-refractivity contribution in [2.75, 3.05) is 0 Å². The molecule has 0 fully saturated rings. The molecule has 2 aromatic carbocycles. The van der Waals surface area contributed by atoms with Crippen LogP contribution >= 0.6 is 0 Å². The summed E-state index contributed by atoms with van der Waals surface area (Å²) >= 11 is 0. The van der Waals surface area contributed by atoms with E-state index in [-0.39, 0.29) is 18.1 Å². The van der Waals surface area contributed by atoms with Crippen molar-refractivity contribution >= 4 is 11.7 Å². The van der Waals surface area contributed by atoms with Gasteiger partial charge in [-0.1, -0.05) is 56.7 Å². The first-order valence-corrected chi connectivity index (χ1v) is 9.17.